The average molecular weight is 303 g/mol. The number of alkyl halides is 3. The van der Waals surface area contributed by atoms with Gasteiger partial charge < -0.3 is 10.7 Å². The second-order valence-electron chi connectivity index (χ2n) is 4.56. The summed E-state index contributed by atoms with van der Waals surface area (Å²) in [5.74, 6) is -0.244. The van der Waals surface area contributed by atoms with Crippen LogP contribution in [0.3, 0.4) is 0 Å². The van der Waals surface area contributed by atoms with Gasteiger partial charge in [-0.15, -0.1) is 0 Å². The molecule has 0 bridgehead atoms. The van der Waals surface area contributed by atoms with E-state index in [4.69, 9.17) is 11.0 Å². The number of hydrogen-bond acceptors (Lipinski definition) is 4. The first-order valence-corrected chi connectivity index (χ1v) is 6.11. The predicted octanol–water partition coefficient (Wildman–Crippen LogP) is 3.10. The minimum Gasteiger partial charge on any atom is -0.368 e. The first-order chi connectivity index (χ1) is 10.4. The van der Waals surface area contributed by atoms with Crippen LogP contribution in [0.5, 0.6) is 0 Å². The third-order valence-electron chi connectivity index (χ3n) is 3.18. The Balaban J connectivity index is 2.28. The normalized spacial score (nSPS) is 11.5. The second-order valence-corrected chi connectivity index (χ2v) is 4.56. The summed E-state index contributed by atoms with van der Waals surface area (Å²) in [5, 5.41) is 9.37. The van der Waals surface area contributed by atoms with Gasteiger partial charge >= 0.3 is 6.18 Å². The minimum atomic E-state index is -4.60. The van der Waals surface area contributed by atoms with Crippen LogP contribution in [0, 0.1) is 11.3 Å². The van der Waals surface area contributed by atoms with Crippen molar-refractivity contribution in [2.24, 2.45) is 0 Å². The molecule has 2 aromatic heterocycles. The molecule has 0 amide bonds. The molecule has 0 radical (unpaired) electrons. The summed E-state index contributed by atoms with van der Waals surface area (Å²) in [4.78, 5) is 9.99. The fraction of sp³-hybridized carbons (Fsp3) is 0.0714. The molecule has 0 aliphatic rings. The van der Waals surface area contributed by atoms with Crippen LogP contribution >= 0.6 is 0 Å². The average Bonchev–Trinajstić information content (AvgIpc) is 2.88. The molecule has 0 spiro atoms. The lowest BCUT2D eigenvalue weighted by Crippen LogP contribution is -2.10. The number of nitrogen functional groups attached to an aromatic ring is 1. The van der Waals surface area contributed by atoms with Gasteiger partial charge in [0.1, 0.15) is 5.56 Å². The van der Waals surface area contributed by atoms with E-state index < -0.39 is 11.7 Å². The van der Waals surface area contributed by atoms with Crippen molar-refractivity contribution in [1.29, 1.82) is 5.26 Å². The highest BCUT2D eigenvalue weighted by atomic mass is 19.4. The summed E-state index contributed by atoms with van der Waals surface area (Å²) in [6.45, 7) is 0. The van der Waals surface area contributed by atoms with E-state index in [1.165, 1.54) is 12.3 Å². The lowest BCUT2D eigenvalue weighted by molar-refractivity contribution is -0.137. The van der Waals surface area contributed by atoms with Crippen molar-refractivity contribution in [3.8, 4) is 17.3 Å². The Morgan fingerprint density at radius 1 is 1.27 bits per heavy atom. The summed E-state index contributed by atoms with van der Waals surface area (Å²) in [6.07, 6.45) is -2.53. The van der Waals surface area contributed by atoms with E-state index in [0.29, 0.717) is 22.7 Å². The van der Waals surface area contributed by atoms with Gasteiger partial charge in [-0.05, 0) is 12.1 Å². The Bertz CT molecular complexity index is 905. The fourth-order valence-corrected chi connectivity index (χ4v) is 2.20. The third-order valence-corrected chi connectivity index (χ3v) is 3.18. The van der Waals surface area contributed by atoms with E-state index in [-0.39, 0.29) is 17.2 Å². The molecule has 0 saturated heterocycles. The van der Waals surface area contributed by atoms with E-state index in [1.807, 2.05) is 6.07 Å². The highest BCUT2D eigenvalue weighted by molar-refractivity contribution is 5.96. The van der Waals surface area contributed by atoms with Crippen LogP contribution in [0.15, 0.2) is 30.6 Å². The topological polar surface area (TPSA) is 91.4 Å². The summed E-state index contributed by atoms with van der Waals surface area (Å²) < 4.78 is 39.4. The molecule has 1 aromatic carbocycles. The van der Waals surface area contributed by atoms with Gasteiger partial charge in [-0.25, -0.2) is 9.97 Å². The third kappa shape index (κ3) is 2.22. The molecule has 0 atom stereocenters. The Hall–Kier alpha value is -3.08. The number of halogens is 3. The van der Waals surface area contributed by atoms with E-state index in [1.54, 1.807) is 12.1 Å². The SMILES string of the molecule is N#Cc1ccc2c(-c3nc(N)ncc3C(F)(F)F)c[nH]c2c1. The number of nitrogens with two attached hydrogens (primary N) is 1. The smallest absolute Gasteiger partial charge is 0.368 e. The summed E-state index contributed by atoms with van der Waals surface area (Å²) >= 11 is 0. The molecule has 0 fully saturated rings. The number of fused-ring (bicyclic) bond motifs is 1. The molecular weight excluding hydrogens is 295 g/mol. The van der Waals surface area contributed by atoms with Crippen LogP contribution in [-0.4, -0.2) is 15.0 Å². The van der Waals surface area contributed by atoms with Crippen molar-refractivity contribution >= 4 is 16.9 Å². The number of benzene rings is 1. The monoisotopic (exact) mass is 303 g/mol. The van der Waals surface area contributed by atoms with E-state index >= 15 is 0 Å². The Labute approximate surface area is 122 Å². The molecule has 0 unspecified atom stereocenters. The number of anilines is 1. The van der Waals surface area contributed by atoms with Crippen LogP contribution in [0.4, 0.5) is 19.1 Å². The maximum atomic E-state index is 13.1. The molecule has 0 aliphatic heterocycles. The fourth-order valence-electron chi connectivity index (χ4n) is 2.20. The summed E-state index contributed by atoms with van der Waals surface area (Å²) in [7, 11) is 0. The van der Waals surface area contributed by atoms with Crippen LogP contribution < -0.4 is 5.73 Å². The molecule has 5 nitrogen and oxygen atoms in total. The molecule has 22 heavy (non-hydrogen) atoms. The number of aromatic nitrogens is 3. The van der Waals surface area contributed by atoms with E-state index in [2.05, 4.69) is 15.0 Å². The van der Waals surface area contributed by atoms with Crippen LogP contribution in [0.25, 0.3) is 22.2 Å². The van der Waals surface area contributed by atoms with Gasteiger partial charge in [0.25, 0.3) is 0 Å². The molecule has 8 heteroatoms. The van der Waals surface area contributed by atoms with Gasteiger partial charge in [0.15, 0.2) is 0 Å². The molecule has 110 valence electrons. The molecule has 2 heterocycles. The Kier molecular flexibility index (Phi) is 2.99. The van der Waals surface area contributed by atoms with Gasteiger partial charge in [0.05, 0.1) is 17.3 Å². The van der Waals surface area contributed by atoms with Gasteiger partial charge in [-0.1, -0.05) is 6.07 Å². The van der Waals surface area contributed by atoms with Gasteiger partial charge in [0.2, 0.25) is 5.95 Å². The maximum absolute atomic E-state index is 13.1. The number of rotatable bonds is 1. The van der Waals surface area contributed by atoms with Crippen molar-refractivity contribution < 1.29 is 13.2 Å². The van der Waals surface area contributed by atoms with Crippen molar-refractivity contribution in [2.45, 2.75) is 6.18 Å². The number of nitrogens with zero attached hydrogens (tertiary/aromatic N) is 3. The standard InChI is InChI=1S/C14H8F3N5/c15-14(16,17)10-6-21-13(19)22-12(10)9-5-20-11-3-7(4-18)1-2-8(9)11/h1-3,5-6,20H,(H2,19,21,22). The second kappa shape index (κ2) is 4.73. The zero-order valence-corrected chi connectivity index (χ0v) is 10.9. The van der Waals surface area contributed by atoms with Crippen LogP contribution in [-0.2, 0) is 6.18 Å². The van der Waals surface area contributed by atoms with Crippen molar-refractivity contribution in [3.05, 3.63) is 41.7 Å². The molecule has 3 aromatic rings. The van der Waals surface area contributed by atoms with Gasteiger partial charge in [0, 0.05) is 28.9 Å². The van der Waals surface area contributed by atoms with Crippen molar-refractivity contribution in [1.82, 2.24) is 15.0 Å². The Morgan fingerprint density at radius 3 is 2.73 bits per heavy atom. The highest BCUT2D eigenvalue weighted by Crippen LogP contribution is 2.38. The zero-order valence-electron chi connectivity index (χ0n) is 10.9. The van der Waals surface area contributed by atoms with Crippen molar-refractivity contribution in [3.63, 3.8) is 0 Å². The zero-order chi connectivity index (χ0) is 15.9. The summed E-state index contributed by atoms with van der Waals surface area (Å²) in [6, 6.07) is 6.61. The quantitative estimate of drug-likeness (QED) is 0.722. The molecule has 3 rings (SSSR count). The number of aromatic amines is 1. The first kappa shape index (κ1) is 13.9. The molecular formula is C14H8F3N5. The summed E-state index contributed by atoms with van der Waals surface area (Å²) in [5.41, 5.74) is 5.36. The van der Waals surface area contributed by atoms with Gasteiger partial charge in [-0.3, -0.25) is 0 Å². The largest absolute Gasteiger partial charge is 0.419 e. The number of nitrogens with one attached hydrogen (secondary N) is 1. The van der Waals surface area contributed by atoms with Gasteiger partial charge in [-0.2, -0.15) is 18.4 Å². The number of hydrogen-bond donors (Lipinski definition) is 2. The predicted molar refractivity (Wildman–Crippen MR) is 73.5 cm³/mol. The number of nitriles is 1. The highest BCUT2D eigenvalue weighted by Gasteiger charge is 2.35. The van der Waals surface area contributed by atoms with Crippen molar-refractivity contribution in [2.75, 3.05) is 5.73 Å². The molecule has 0 aliphatic carbocycles. The molecule has 0 saturated carbocycles. The lowest BCUT2D eigenvalue weighted by Gasteiger charge is -2.11. The molecule has 3 N–H and O–H groups in total. The van der Waals surface area contributed by atoms with E-state index in [0.717, 1.165) is 0 Å². The van der Waals surface area contributed by atoms with Crippen LogP contribution in [0.1, 0.15) is 11.1 Å². The Morgan fingerprint density at radius 2 is 2.05 bits per heavy atom. The number of H-pyrrole nitrogens is 1. The first-order valence-electron chi connectivity index (χ1n) is 6.11. The van der Waals surface area contributed by atoms with Crippen LogP contribution in [0.2, 0.25) is 0 Å². The lowest BCUT2D eigenvalue weighted by atomic mass is 10.0. The van der Waals surface area contributed by atoms with E-state index in [9.17, 15) is 13.2 Å². The minimum absolute atomic E-state index is 0.244. The maximum Gasteiger partial charge on any atom is 0.419 e.